The molecular weight excluding hydrogens is 154 g/mol. The van der Waals surface area contributed by atoms with Crippen LogP contribution >= 0.6 is 0 Å². The molecule has 1 aromatic heterocycles. The van der Waals surface area contributed by atoms with Gasteiger partial charge in [-0.25, -0.2) is 4.79 Å². The van der Waals surface area contributed by atoms with E-state index in [1.165, 1.54) is 0 Å². The molecule has 1 N–H and O–H groups in total. The Morgan fingerprint density at radius 3 is 2.17 bits per heavy atom. The zero-order valence-electron chi connectivity index (χ0n) is 7.27. The third-order valence-electron chi connectivity index (χ3n) is 1.83. The summed E-state index contributed by atoms with van der Waals surface area (Å²) in [5.41, 5.74) is 0. The molecule has 0 aromatic carbocycles. The number of carboxylic acids is 1. The summed E-state index contributed by atoms with van der Waals surface area (Å²) >= 11 is 0. The van der Waals surface area contributed by atoms with E-state index in [9.17, 15) is 4.79 Å². The van der Waals surface area contributed by atoms with Crippen molar-refractivity contribution in [2.75, 3.05) is 0 Å². The molecule has 3 nitrogen and oxygen atoms in total. The maximum Gasteiger partial charge on any atom is 0.326 e. The van der Waals surface area contributed by atoms with E-state index in [2.05, 4.69) is 0 Å². The molecule has 0 saturated heterocycles. The van der Waals surface area contributed by atoms with Crippen molar-refractivity contribution in [1.29, 1.82) is 0 Å². The predicted octanol–water partition coefficient (Wildman–Crippen LogP) is 1.77. The Labute approximate surface area is 71.6 Å². The van der Waals surface area contributed by atoms with E-state index in [0.29, 0.717) is 0 Å². The first kappa shape index (κ1) is 8.84. The first-order valence-electron chi connectivity index (χ1n) is 3.98. The van der Waals surface area contributed by atoms with Gasteiger partial charge in [-0.05, 0) is 18.1 Å². The van der Waals surface area contributed by atoms with Gasteiger partial charge < -0.3 is 9.67 Å². The van der Waals surface area contributed by atoms with Gasteiger partial charge in [0.2, 0.25) is 0 Å². The topological polar surface area (TPSA) is 42.2 Å². The number of nitrogens with zero attached hydrogens (tertiary/aromatic N) is 1. The highest BCUT2D eigenvalue weighted by Crippen LogP contribution is 2.17. The molecule has 1 atom stereocenters. The van der Waals surface area contributed by atoms with E-state index in [0.717, 1.165) is 0 Å². The Bertz CT molecular complexity index is 252. The molecule has 0 bridgehead atoms. The Kier molecular flexibility index (Phi) is 2.53. The molecule has 0 radical (unpaired) electrons. The number of carbonyl (C=O) groups is 1. The highest BCUT2D eigenvalue weighted by molar-refractivity contribution is 5.72. The lowest BCUT2D eigenvalue weighted by Gasteiger charge is -2.17. The Balaban J connectivity index is 2.88. The smallest absolute Gasteiger partial charge is 0.326 e. The number of aromatic nitrogens is 1. The van der Waals surface area contributed by atoms with Crippen LogP contribution in [0.1, 0.15) is 19.9 Å². The van der Waals surface area contributed by atoms with Crippen molar-refractivity contribution in [3.63, 3.8) is 0 Å². The SMILES string of the molecule is CC(C)[C@H](C(=O)O)n1cccc1. The van der Waals surface area contributed by atoms with Gasteiger partial charge in [-0.1, -0.05) is 13.8 Å². The van der Waals surface area contributed by atoms with Crippen molar-refractivity contribution in [2.45, 2.75) is 19.9 Å². The lowest BCUT2D eigenvalue weighted by molar-refractivity contribution is -0.142. The molecule has 1 aromatic rings. The second kappa shape index (κ2) is 3.43. The second-order valence-corrected chi connectivity index (χ2v) is 3.16. The third kappa shape index (κ3) is 1.67. The van der Waals surface area contributed by atoms with Gasteiger partial charge in [-0.3, -0.25) is 0 Å². The maximum absolute atomic E-state index is 10.8. The molecule has 0 spiro atoms. The Morgan fingerprint density at radius 2 is 1.83 bits per heavy atom. The standard InChI is InChI=1S/C9H13NO2/c1-7(2)8(9(11)12)10-5-3-4-6-10/h3-8H,1-2H3,(H,11,12)/t8-/m1/s1. The molecule has 66 valence electrons. The van der Waals surface area contributed by atoms with E-state index in [-0.39, 0.29) is 5.92 Å². The lowest BCUT2D eigenvalue weighted by atomic mass is 10.1. The molecule has 0 saturated carbocycles. The summed E-state index contributed by atoms with van der Waals surface area (Å²) < 4.78 is 1.72. The van der Waals surface area contributed by atoms with Crippen LogP contribution in [0.25, 0.3) is 0 Å². The van der Waals surface area contributed by atoms with E-state index in [4.69, 9.17) is 5.11 Å². The predicted molar refractivity (Wildman–Crippen MR) is 45.9 cm³/mol. The molecule has 0 amide bonds. The van der Waals surface area contributed by atoms with Crippen LogP contribution in [0.3, 0.4) is 0 Å². The van der Waals surface area contributed by atoms with Crippen LogP contribution < -0.4 is 0 Å². The Morgan fingerprint density at radius 1 is 1.33 bits per heavy atom. The normalized spacial score (nSPS) is 13.2. The van der Waals surface area contributed by atoms with E-state index >= 15 is 0 Å². The monoisotopic (exact) mass is 167 g/mol. The third-order valence-corrected chi connectivity index (χ3v) is 1.83. The second-order valence-electron chi connectivity index (χ2n) is 3.16. The van der Waals surface area contributed by atoms with E-state index in [1.807, 2.05) is 26.0 Å². The largest absolute Gasteiger partial charge is 0.480 e. The fourth-order valence-corrected chi connectivity index (χ4v) is 1.29. The average molecular weight is 167 g/mol. The summed E-state index contributed by atoms with van der Waals surface area (Å²) in [7, 11) is 0. The molecule has 0 aliphatic heterocycles. The molecule has 1 heterocycles. The van der Waals surface area contributed by atoms with Gasteiger partial charge >= 0.3 is 5.97 Å². The van der Waals surface area contributed by atoms with Crippen molar-refractivity contribution >= 4 is 5.97 Å². The first-order valence-corrected chi connectivity index (χ1v) is 3.98. The van der Waals surface area contributed by atoms with Crippen molar-refractivity contribution in [2.24, 2.45) is 5.92 Å². The minimum atomic E-state index is -0.777. The van der Waals surface area contributed by atoms with Crippen LogP contribution in [0.4, 0.5) is 0 Å². The summed E-state index contributed by atoms with van der Waals surface area (Å²) in [6, 6.07) is 3.22. The summed E-state index contributed by atoms with van der Waals surface area (Å²) in [5.74, 6) is -0.670. The highest BCUT2D eigenvalue weighted by atomic mass is 16.4. The quantitative estimate of drug-likeness (QED) is 0.745. The molecule has 0 aliphatic carbocycles. The molecule has 12 heavy (non-hydrogen) atoms. The molecule has 0 unspecified atom stereocenters. The summed E-state index contributed by atoms with van der Waals surface area (Å²) in [4.78, 5) is 10.8. The zero-order chi connectivity index (χ0) is 9.14. The lowest BCUT2D eigenvalue weighted by Crippen LogP contribution is -2.22. The van der Waals surface area contributed by atoms with Gasteiger partial charge in [0, 0.05) is 12.4 Å². The molecule has 0 fully saturated rings. The number of carboxylic acid groups (broad SMARTS) is 1. The first-order chi connectivity index (χ1) is 5.63. The van der Waals surface area contributed by atoms with Crippen molar-refractivity contribution in [1.82, 2.24) is 4.57 Å². The van der Waals surface area contributed by atoms with Crippen LogP contribution in [0.2, 0.25) is 0 Å². The fraction of sp³-hybridized carbons (Fsp3) is 0.444. The molecule has 0 aliphatic rings. The van der Waals surface area contributed by atoms with Gasteiger partial charge in [0.1, 0.15) is 6.04 Å². The molecular formula is C9H13NO2. The zero-order valence-corrected chi connectivity index (χ0v) is 7.27. The summed E-state index contributed by atoms with van der Waals surface area (Å²) in [6.45, 7) is 3.80. The van der Waals surface area contributed by atoms with Crippen LogP contribution in [-0.4, -0.2) is 15.6 Å². The van der Waals surface area contributed by atoms with E-state index in [1.54, 1.807) is 17.0 Å². The van der Waals surface area contributed by atoms with Crippen molar-refractivity contribution in [3.8, 4) is 0 Å². The van der Waals surface area contributed by atoms with Gasteiger partial charge in [-0.15, -0.1) is 0 Å². The van der Waals surface area contributed by atoms with Crippen molar-refractivity contribution in [3.05, 3.63) is 24.5 Å². The number of rotatable bonds is 3. The average Bonchev–Trinajstić information content (AvgIpc) is 2.37. The summed E-state index contributed by atoms with van der Waals surface area (Å²) in [5, 5.41) is 8.89. The van der Waals surface area contributed by atoms with Crippen molar-refractivity contribution < 1.29 is 9.90 Å². The van der Waals surface area contributed by atoms with Crippen LogP contribution in [0, 0.1) is 5.92 Å². The highest BCUT2D eigenvalue weighted by Gasteiger charge is 2.21. The van der Waals surface area contributed by atoms with Gasteiger partial charge in [0.25, 0.3) is 0 Å². The van der Waals surface area contributed by atoms with Crippen LogP contribution in [0.5, 0.6) is 0 Å². The molecule has 3 heteroatoms. The number of hydrogen-bond donors (Lipinski definition) is 1. The summed E-state index contributed by atoms with van der Waals surface area (Å²) in [6.07, 6.45) is 3.55. The van der Waals surface area contributed by atoms with Gasteiger partial charge in [-0.2, -0.15) is 0 Å². The number of aliphatic carboxylic acids is 1. The van der Waals surface area contributed by atoms with Gasteiger partial charge in [0.15, 0.2) is 0 Å². The fourth-order valence-electron chi connectivity index (χ4n) is 1.29. The number of hydrogen-bond acceptors (Lipinski definition) is 1. The minimum Gasteiger partial charge on any atom is -0.480 e. The van der Waals surface area contributed by atoms with E-state index < -0.39 is 12.0 Å². The maximum atomic E-state index is 10.8. The van der Waals surface area contributed by atoms with Crippen LogP contribution in [-0.2, 0) is 4.79 Å². The van der Waals surface area contributed by atoms with Gasteiger partial charge in [0.05, 0.1) is 0 Å². The Hall–Kier alpha value is -1.25. The molecule has 1 rings (SSSR count). The minimum absolute atomic E-state index is 0.106. The van der Waals surface area contributed by atoms with Crippen LogP contribution in [0.15, 0.2) is 24.5 Å².